The van der Waals surface area contributed by atoms with Crippen molar-refractivity contribution in [1.29, 1.82) is 0 Å². The van der Waals surface area contributed by atoms with Crippen molar-refractivity contribution in [2.75, 3.05) is 0 Å². The molecule has 0 unspecified atom stereocenters. The fourth-order valence-corrected chi connectivity index (χ4v) is 6.20. The molecule has 0 fully saturated rings. The van der Waals surface area contributed by atoms with Crippen molar-refractivity contribution in [1.82, 2.24) is 14.0 Å². The van der Waals surface area contributed by atoms with Crippen molar-refractivity contribution in [3.05, 3.63) is 114 Å². The number of nitrogens with zero attached hydrogens (tertiary/aromatic N) is 5. The molecule has 158 valence electrons. The van der Waals surface area contributed by atoms with Crippen LogP contribution in [-0.4, -0.2) is 23.5 Å². The summed E-state index contributed by atoms with van der Waals surface area (Å²) in [5.74, 6) is 1.77. The van der Waals surface area contributed by atoms with Crippen molar-refractivity contribution >= 4 is 37.4 Å². The van der Waals surface area contributed by atoms with Crippen LogP contribution in [0.3, 0.4) is 0 Å². The van der Waals surface area contributed by atoms with E-state index in [0.717, 1.165) is 54.2 Å². The van der Waals surface area contributed by atoms with Crippen LogP contribution in [0, 0.1) is 0 Å². The molecule has 1 aliphatic rings. The molecule has 0 amide bonds. The summed E-state index contributed by atoms with van der Waals surface area (Å²) in [5, 5.41) is 0. The summed E-state index contributed by atoms with van der Waals surface area (Å²) < 4.78 is 10.3. The van der Waals surface area contributed by atoms with Crippen molar-refractivity contribution < 1.29 is 21.5 Å². The first kappa shape index (κ1) is 18.8. The maximum absolute atomic E-state index is 4.96. The molecule has 0 N–H and O–H groups in total. The molecule has 0 atom stereocenters. The van der Waals surface area contributed by atoms with Crippen LogP contribution in [0.5, 0.6) is 0 Å². The van der Waals surface area contributed by atoms with Crippen LogP contribution in [-0.2, 0) is 0 Å². The molecule has 0 radical (unpaired) electrons. The van der Waals surface area contributed by atoms with E-state index in [0.29, 0.717) is 0 Å². The van der Waals surface area contributed by atoms with Crippen LogP contribution >= 0.6 is 0 Å². The Hall–Kier alpha value is -3.78. The number of aliphatic imine (C=N–C) groups is 1. The van der Waals surface area contributed by atoms with Crippen molar-refractivity contribution in [3.8, 4) is 5.69 Å². The van der Waals surface area contributed by atoms with E-state index < -0.39 is 21.5 Å². The van der Waals surface area contributed by atoms with Crippen LogP contribution in [0.15, 0.2) is 111 Å². The second kappa shape index (κ2) is 7.38. The minimum atomic E-state index is -0.481. The number of halogens is 1. The van der Waals surface area contributed by atoms with Gasteiger partial charge in [-0.3, -0.25) is 0 Å². The summed E-state index contributed by atoms with van der Waals surface area (Å²) in [7, 11) is 0. The number of para-hydroxylation sites is 4. The van der Waals surface area contributed by atoms with E-state index in [2.05, 4.69) is 87.8 Å². The average molecular weight is 538 g/mol. The quantitative estimate of drug-likeness (QED) is 0.320. The van der Waals surface area contributed by atoms with Gasteiger partial charge in [-0.05, 0) is 0 Å². The van der Waals surface area contributed by atoms with E-state index in [1.54, 1.807) is 0 Å². The van der Waals surface area contributed by atoms with Crippen molar-refractivity contribution in [3.63, 3.8) is 0 Å². The number of aromatic nitrogens is 3. The van der Waals surface area contributed by atoms with Gasteiger partial charge in [0.05, 0.1) is 0 Å². The van der Waals surface area contributed by atoms with Gasteiger partial charge in [0, 0.05) is 0 Å². The number of hydrogen-bond donors (Lipinski definition) is 0. The molecule has 33 heavy (non-hydrogen) atoms. The predicted octanol–water partition coefficient (Wildman–Crippen LogP) is 2.64. The average Bonchev–Trinajstić information content (AvgIpc) is 3.58. The van der Waals surface area contributed by atoms with E-state index >= 15 is 0 Å². The van der Waals surface area contributed by atoms with Crippen LogP contribution in [0.25, 0.3) is 33.5 Å². The van der Waals surface area contributed by atoms with E-state index in [-0.39, 0.29) is 0 Å². The molecule has 7 rings (SSSR count). The first-order valence-electron chi connectivity index (χ1n) is 10.7. The first-order valence-corrected chi connectivity index (χ1v) is 12.7. The van der Waals surface area contributed by atoms with Crippen LogP contribution in [0.2, 0.25) is 0 Å². The molecule has 0 bridgehead atoms. The molecule has 2 aromatic heterocycles. The van der Waals surface area contributed by atoms with Crippen molar-refractivity contribution in [2.45, 2.75) is 0 Å². The Balaban J connectivity index is 1.33. The van der Waals surface area contributed by atoms with Gasteiger partial charge >= 0.3 is 201 Å². The Morgan fingerprint density at radius 3 is 2.12 bits per heavy atom. The number of rotatable bonds is 3. The van der Waals surface area contributed by atoms with Crippen molar-refractivity contribution in [2.24, 2.45) is 8.20 Å². The molecule has 6 heteroatoms. The van der Waals surface area contributed by atoms with Gasteiger partial charge < -0.3 is 0 Å². The second-order valence-electron chi connectivity index (χ2n) is 7.87. The number of benzene rings is 4. The second-order valence-corrected chi connectivity index (χ2v) is 9.85. The third kappa shape index (κ3) is 2.94. The summed E-state index contributed by atoms with van der Waals surface area (Å²) in [6.07, 6.45) is 0. The predicted molar refractivity (Wildman–Crippen MR) is 129 cm³/mol. The summed E-state index contributed by atoms with van der Waals surface area (Å²) in [6, 6.07) is 35.6. The molecule has 0 saturated heterocycles. The number of hydrogen-bond acceptors (Lipinski definition) is 3. The summed E-state index contributed by atoms with van der Waals surface area (Å²) >= 11 is -0.481. The van der Waals surface area contributed by atoms with E-state index in [1.165, 1.54) is 0 Å². The first-order chi connectivity index (χ1) is 16.4. The van der Waals surface area contributed by atoms with Gasteiger partial charge in [0.15, 0.2) is 0 Å². The third-order valence-corrected chi connectivity index (χ3v) is 7.93. The monoisotopic (exact) mass is 538 g/mol. The summed E-state index contributed by atoms with van der Waals surface area (Å²) in [5.41, 5.74) is 7.71. The molecule has 0 spiro atoms. The Kier molecular flexibility index (Phi) is 4.20. The van der Waals surface area contributed by atoms with Gasteiger partial charge in [0.25, 0.3) is 0 Å². The molecule has 0 saturated carbocycles. The molecule has 4 aromatic carbocycles. The molecule has 5 nitrogen and oxygen atoms in total. The molecular weight excluding hydrogens is 521 g/mol. The standard InChI is InChI=1S/C27H17IN5/c1-2-8-19(9-3-1)26-30-25(28-31-26)18-14-16-20(17-15-18)32-23-12-6-7-13-24(23)33-22-11-5-4-10-21(22)29-27(32)33/h1-17H/q-1. The zero-order chi connectivity index (χ0) is 21.8. The Bertz CT molecular complexity index is 1720. The molecular formula is C27H17IN5-. The molecule has 0 aliphatic carbocycles. The van der Waals surface area contributed by atoms with Crippen LogP contribution < -0.4 is 21.5 Å². The molecule has 6 aromatic rings. The topological polar surface area (TPSA) is 47.0 Å². The van der Waals surface area contributed by atoms with E-state index in [1.807, 2.05) is 24.3 Å². The van der Waals surface area contributed by atoms with E-state index in [9.17, 15) is 0 Å². The molecule has 1 aliphatic heterocycles. The fraction of sp³-hybridized carbons (Fsp3) is 0. The normalized spacial score (nSPS) is 13.9. The Morgan fingerprint density at radius 2 is 1.30 bits per heavy atom. The maximum atomic E-state index is 4.96. The number of imidazole rings is 2. The van der Waals surface area contributed by atoms with Gasteiger partial charge in [0.1, 0.15) is 0 Å². The summed E-state index contributed by atoms with van der Waals surface area (Å²) in [4.78, 5) is 9.80. The van der Waals surface area contributed by atoms with Crippen LogP contribution in [0.4, 0.5) is 0 Å². The SMILES string of the molecule is c1ccc(C2=N[I-]C(c3ccc(-n4c5ccccc5n5c6ccccc6nc45)cc3)=N2)cc1. The summed E-state index contributed by atoms with van der Waals surface area (Å²) in [6.45, 7) is 0. The Labute approximate surface area is 200 Å². The molecule has 3 heterocycles. The fourth-order valence-electron chi connectivity index (χ4n) is 4.38. The van der Waals surface area contributed by atoms with E-state index in [4.69, 9.17) is 13.2 Å². The van der Waals surface area contributed by atoms with Gasteiger partial charge in [-0.1, -0.05) is 0 Å². The third-order valence-electron chi connectivity index (χ3n) is 5.91. The van der Waals surface area contributed by atoms with Gasteiger partial charge in [-0.2, -0.15) is 0 Å². The van der Waals surface area contributed by atoms with Gasteiger partial charge in [-0.15, -0.1) is 0 Å². The van der Waals surface area contributed by atoms with Gasteiger partial charge in [0.2, 0.25) is 0 Å². The Morgan fingerprint density at radius 1 is 0.606 bits per heavy atom. The number of amidine groups is 1. The zero-order valence-corrected chi connectivity index (χ0v) is 19.6. The number of fused-ring (bicyclic) bond motifs is 5. The van der Waals surface area contributed by atoms with Crippen LogP contribution in [0.1, 0.15) is 11.1 Å². The van der Waals surface area contributed by atoms with Gasteiger partial charge in [-0.25, -0.2) is 0 Å². The minimum absolute atomic E-state index is 0.481. The zero-order valence-electron chi connectivity index (χ0n) is 17.4.